The van der Waals surface area contributed by atoms with E-state index in [2.05, 4.69) is 30.6 Å². The van der Waals surface area contributed by atoms with Gasteiger partial charge in [-0.3, -0.25) is 4.68 Å². The maximum Gasteiger partial charge on any atom is 0.0833 e. The summed E-state index contributed by atoms with van der Waals surface area (Å²) >= 11 is 0. The Bertz CT molecular complexity index is 418. The van der Waals surface area contributed by atoms with Crippen molar-refractivity contribution >= 4 is 0 Å². The second-order valence-electron chi connectivity index (χ2n) is 6.37. The average Bonchev–Trinajstić information content (AvgIpc) is 2.85. The second kappa shape index (κ2) is 6.72. The highest BCUT2D eigenvalue weighted by Crippen LogP contribution is 2.38. The van der Waals surface area contributed by atoms with Gasteiger partial charge in [0.1, 0.15) is 0 Å². The maximum atomic E-state index is 6.01. The molecule has 1 saturated carbocycles. The van der Waals surface area contributed by atoms with Crippen LogP contribution in [0.2, 0.25) is 0 Å². The van der Waals surface area contributed by atoms with Crippen molar-refractivity contribution in [3.63, 3.8) is 0 Å². The molecule has 1 aromatic rings. The van der Waals surface area contributed by atoms with E-state index in [0.717, 1.165) is 18.8 Å². The number of rotatable bonds is 6. The van der Waals surface area contributed by atoms with Crippen LogP contribution in [0.3, 0.4) is 0 Å². The third-order valence-electron chi connectivity index (χ3n) is 4.86. The van der Waals surface area contributed by atoms with Crippen molar-refractivity contribution in [2.24, 2.45) is 13.0 Å². The summed E-state index contributed by atoms with van der Waals surface area (Å²) in [5.41, 5.74) is 1.32. The number of ether oxygens (including phenoxy) is 1. The van der Waals surface area contributed by atoms with Crippen LogP contribution in [0, 0.1) is 5.92 Å². The summed E-state index contributed by atoms with van der Waals surface area (Å²) in [6.07, 6.45) is 11.2. The molecule has 0 aliphatic heterocycles. The van der Waals surface area contributed by atoms with Gasteiger partial charge in [0.2, 0.25) is 0 Å². The van der Waals surface area contributed by atoms with Crippen molar-refractivity contribution in [2.75, 3.05) is 14.2 Å². The van der Waals surface area contributed by atoms with E-state index in [1.54, 1.807) is 0 Å². The molecule has 0 aromatic carbocycles. The second-order valence-corrected chi connectivity index (χ2v) is 6.37. The summed E-state index contributed by atoms with van der Waals surface area (Å²) in [5, 5.41) is 7.76. The monoisotopic (exact) mass is 279 g/mol. The van der Waals surface area contributed by atoms with E-state index in [0.29, 0.717) is 6.04 Å². The molecule has 0 amide bonds. The number of aromatic nitrogens is 2. The fraction of sp³-hybridized carbons (Fsp3) is 0.812. The molecule has 1 aromatic heterocycles. The lowest BCUT2D eigenvalue weighted by Gasteiger charge is -2.44. The highest BCUT2D eigenvalue weighted by Gasteiger charge is 2.41. The van der Waals surface area contributed by atoms with Gasteiger partial charge in [-0.2, -0.15) is 5.10 Å². The molecule has 0 saturated heterocycles. The number of aryl methyl sites for hydroxylation is 2. The lowest BCUT2D eigenvalue weighted by Crippen LogP contribution is -2.53. The van der Waals surface area contributed by atoms with Crippen LogP contribution >= 0.6 is 0 Å². The highest BCUT2D eigenvalue weighted by molar-refractivity contribution is 5.06. The fourth-order valence-corrected chi connectivity index (χ4v) is 3.77. The first-order valence-corrected chi connectivity index (χ1v) is 7.79. The van der Waals surface area contributed by atoms with Crippen molar-refractivity contribution in [1.29, 1.82) is 0 Å². The van der Waals surface area contributed by atoms with Crippen LogP contribution in [0.15, 0.2) is 12.4 Å². The van der Waals surface area contributed by atoms with E-state index < -0.39 is 0 Å². The van der Waals surface area contributed by atoms with Gasteiger partial charge in [-0.1, -0.05) is 19.8 Å². The van der Waals surface area contributed by atoms with Crippen molar-refractivity contribution in [3.05, 3.63) is 18.0 Å². The minimum absolute atomic E-state index is 0.00856. The predicted molar refractivity (Wildman–Crippen MR) is 81.7 cm³/mol. The number of hydrogen-bond acceptors (Lipinski definition) is 3. The van der Waals surface area contributed by atoms with Crippen molar-refractivity contribution < 1.29 is 4.74 Å². The molecule has 1 aliphatic carbocycles. The molecule has 1 N–H and O–H groups in total. The Morgan fingerprint density at radius 3 is 2.95 bits per heavy atom. The summed E-state index contributed by atoms with van der Waals surface area (Å²) in [6, 6.07) is 0.412. The summed E-state index contributed by atoms with van der Waals surface area (Å²) in [5.74, 6) is 0.762. The van der Waals surface area contributed by atoms with E-state index in [4.69, 9.17) is 4.74 Å². The molecular formula is C16H29N3O. The van der Waals surface area contributed by atoms with Gasteiger partial charge in [0.25, 0.3) is 0 Å². The quantitative estimate of drug-likeness (QED) is 0.870. The zero-order valence-corrected chi connectivity index (χ0v) is 13.4. The normalized spacial score (nSPS) is 28.5. The smallest absolute Gasteiger partial charge is 0.0833 e. The van der Waals surface area contributed by atoms with Crippen LogP contribution in [-0.4, -0.2) is 35.6 Å². The van der Waals surface area contributed by atoms with Crippen LogP contribution in [-0.2, 0) is 18.2 Å². The molecule has 0 radical (unpaired) electrons. The Labute approximate surface area is 122 Å². The zero-order valence-electron chi connectivity index (χ0n) is 13.4. The number of nitrogens with zero attached hydrogens (tertiary/aromatic N) is 2. The molecule has 2 rings (SSSR count). The maximum absolute atomic E-state index is 6.01. The first-order chi connectivity index (χ1) is 9.59. The van der Waals surface area contributed by atoms with E-state index in [-0.39, 0.29) is 5.60 Å². The number of likely N-dealkylation sites (N-methyl/N-ethyl adjacent to an activating group) is 1. The number of hydrogen-bond donors (Lipinski definition) is 1. The molecule has 1 fully saturated rings. The Kier molecular flexibility index (Phi) is 5.22. The molecule has 4 nitrogen and oxygen atoms in total. The van der Waals surface area contributed by atoms with Gasteiger partial charge in [-0.25, -0.2) is 0 Å². The third kappa shape index (κ3) is 3.41. The minimum atomic E-state index is 0.00856. The van der Waals surface area contributed by atoms with E-state index in [9.17, 15) is 0 Å². The van der Waals surface area contributed by atoms with Crippen LogP contribution in [0.4, 0.5) is 0 Å². The molecule has 3 unspecified atom stereocenters. The van der Waals surface area contributed by atoms with E-state index in [1.165, 1.54) is 31.2 Å². The molecule has 0 spiro atoms. The van der Waals surface area contributed by atoms with Gasteiger partial charge < -0.3 is 10.1 Å². The van der Waals surface area contributed by atoms with Gasteiger partial charge in [0, 0.05) is 26.4 Å². The van der Waals surface area contributed by atoms with E-state index >= 15 is 0 Å². The molecular weight excluding hydrogens is 250 g/mol. The SMILES string of the molecule is CNC(CCc1cnn(C)c1)C1(OC)CCCC(C)C1. The predicted octanol–water partition coefficient (Wildman–Crippen LogP) is 2.54. The molecule has 1 aliphatic rings. The van der Waals surface area contributed by atoms with Crippen molar-refractivity contribution in [2.45, 2.75) is 57.1 Å². The summed E-state index contributed by atoms with van der Waals surface area (Å²) in [6.45, 7) is 2.35. The Balaban J connectivity index is 2.01. The zero-order chi connectivity index (χ0) is 14.6. The Morgan fingerprint density at radius 2 is 2.40 bits per heavy atom. The van der Waals surface area contributed by atoms with Crippen LogP contribution in [0.1, 0.15) is 44.6 Å². The first-order valence-electron chi connectivity index (χ1n) is 7.79. The minimum Gasteiger partial charge on any atom is -0.377 e. The van der Waals surface area contributed by atoms with Gasteiger partial charge in [-0.05, 0) is 44.2 Å². The van der Waals surface area contributed by atoms with Crippen molar-refractivity contribution in [3.8, 4) is 0 Å². The van der Waals surface area contributed by atoms with Crippen LogP contribution < -0.4 is 5.32 Å². The van der Waals surface area contributed by atoms with Crippen LogP contribution in [0.5, 0.6) is 0 Å². The first kappa shape index (κ1) is 15.5. The molecule has 114 valence electrons. The highest BCUT2D eigenvalue weighted by atomic mass is 16.5. The molecule has 20 heavy (non-hydrogen) atoms. The molecule has 0 bridgehead atoms. The lowest BCUT2D eigenvalue weighted by molar-refractivity contribution is -0.0792. The van der Waals surface area contributed by atoms with Crippen LogP contribution in [0.25, 0.3) is 0 Å². The number of nitrogens with one attached hydrogen (secondary N) is 1. The van der Waals surface area contributed by atoms with Crippen molar-refractivity contribution in [1.82, 2.24) is 15.1 Å². The third-order valence-corrected chi connectivity index (χ3v) is 4.86. The van der Waals surface area contributed by atoms with Gasteiger partial charge >= 0.3 is 0 Å². The average molecular weight is 279 g/mol. The summed E-state index contributed by atoms with van der Waals surface area (Å²) in [7, 11) is 5.92. The summed E-state index contributed by atoms with van der Waals surface area (Å²) in [4.78, 5) is 0. The Hall–Kier alpha value is -0.870. The van der Waals surface area contributed by atoms with Gasteiger partial charge in [0.15, 0.2) is 0 Å². The standard InChI is InChI=1S/C16H29N3O/c1-13-6-5-9-16(10-13,20-4)15(17-2)8-7-14-11-18-19(3)12-14/h11-13,15,17H,5-10H2,1-4H3. The Morgan fingerprint density at radius 1 is 1.60 bits per heavy atom. The van der Waals surface area contributed by atoms with E-state index in [1.807, 2.05) is 25.0 Å². The van der Waals surface area contributed by atoms with Gasteiger partial charge in [0.05, 0.1) is 11.8 Å². The van der Waals surface area contributed by atoms with Gasteiger partial charge in [-0.15, -0.1) is 0 Å². The number of methoxy groups -OCH3 is 1. The fourth-order valence-electron chi connectivity index (χ4n) is 3.77. The topological polar surface area (TPSA) is 39.1 Å². The molecule has 1 heterocycles. The summed E-state index contributed by atoms with van der Waals surface area (Å²) < 4.78 is 7.89. The molecule has 4 heteroatoms. The largest absolute Gasteiger partial charge is 0.377 e. The lowest BCUT2D eigenvalue weighted by atomic mass is 9.73. The molecule has 3 atom stereocenters.